The number of nitrogen functional groups attached to an aromatic ring is 1. The summed E-state index contributed by atoms with van der Waals surface area (Å²) in [4.78, 5) is 0. The number of rotatable bonds is 3. The maximum absolute atomic E-state index is 13.0. The fourth-order valence-corrected chi connectivity index (χ4v) is 3.34. The van der Waals surface area contributed by atoms with Crippen molar-refractivity contribution < 1.29 is 4.39 Å². The molecule has 1 aliphatic heterocycles. The summed E-state index contributed by atoms with van der Waals surface area (Å²) >= 11 is 1.60. The molecule has 0 radical (unpaired) electrons. The summed E-state index contributed by atoms with van der Waals surface area (Å²) in [6, 6.07) is 14.0. The van der Waals surface area contributed by atoms with Crippen LogP contribution >= 0.6 is 11.8 Å². The molecule has 24 heavy (non-hydrogen) atoms. The van der Waals surface area contributed by atoms with Gasteiger partial charge in [0, 0.05) is 17.9 Å². The number of benzene rings is 2. The normalized spacial score (nSPS) is 13.5. The molecular formula is C17H14FN5S. The van der Waals surface area contributed by atoms with Crippen molar-refractivity contribution in [2.75, 3.05) is 11.5 Å². The minimum Gasteiger partial charge on any atom is -0.399 e. The third-order valence-electron chi connectivity index (χ3n) is 3.75. The third kappa shape index (κ3) is 2.90. The predicted molar refractivity (Wildman–Crippen MR) is 92.7 cm³/mol. The van der Waals surface area contributed by atoms with Crippen molar-refractivity contribution >= 4 is 23.2 Å². The Bertz CT molecular complexity index is 900. The average molecular weight is 339 g/mol. The first-order valence-electron chi connectivity index (χ1n) is 7.44. The fraction of sp³-hybridized carbons (Fsp3) is 0.118. The van der Waals surface area contributed by atoms with Crippen LogP contribution in [0.2, 0.25) is 0 Å². The average Bonchev–Trinajstić information content (AvgIpc) is 3.00. The lowest BCUT2D eigenvalue weighted by atomic mass is 10.1. The number of fused-ring (bicyclic) bond motifs is 1. The molecular weight excluding hydrogens is 325 g/mol. The Hall–Kier alpha value is -2.67. The number of hydrogen-bond acceptors (Lipinski definition) is 5. The van der Waals surface area contributed by atoms with Gasteiger partial charge in [0.25, 0.3) is 0 Å². The molecule has 0 atom stereocenters. The van der Waals surface area contributed by atoms with Crippen molar-refractivity contribution in [2.45, 2.75) is 11.6 Å². The van der Waals surface area contributed by atoms with Gasteiger partial charge in [-0.2, -0.15) is 9.78 Å². The van der Waals surface area contributed by atoms with Gasteiger partial charge in [-0.15, -0.1) is 10.2 Å². The van der Waals surface area contributed by atoms with E-state index < -0.39 is 0 Å². The Kier molecular flexibility index (Phi) is 3.78. The molecule has 0 bridgehead atoms. The molecule has 2 heterocycles. The van der Waals surface area contributed by atoms with Gasteiger partial charge in [0.1, 0.15) is 5.82 Å². The van der Waals surface area contributed by atoms with E-state index in [1.807, 2.05) is 24.3 Å². The van der Waals surface area contributed by atoms with E-state index in [0.717, 1.165) is 39.3 Å². The van der Waals surface area contributed by atoms with Gasteiger partial charge >= 0.3 is 0 Å². The van der Waals surface area contributed by atoms with E-state index in [9.17, 15) is 4.39 Å². The van der Waals surface area contributed by atoms with Gasteiger partial charge in [-0.25, -0.2) is 4.39 Å². The maximum Gasteiger partial charge on any atom is 0.212 e. The van der Waals surface area contributed by atoms with E-state index in [1.54, 1.807) is 28.6 Å². The van der Waals surface area contributed by atoms with Crippen LogP contribution in [0.3, 0.4) is 0 Å². The Balaban J connectivity index is 1.66. The molecule has 0 saturated carbocycles. The molecule has 2 N–H and O–H groups in total. The van der Waals surface area contributed by atoms with Crippen LogP contribution in [0.4, 0.5) is 10.1 Å². The predicted octanol–water partition coefficient (Wildman–Crippen LogP) is 2.95. The lowest BCUT2D eigenvalue weighted by Gasteiger charge is -2.14. The number of nitrogens with zero attached hydrogens (tertiary/aromatic N) is 4. The lowest BCUT2D eigenvalue weighted by molar-refractivity contribution is 0.627. The summed E-state index contributed by atoms with van der Waals surface area (Å²) in [5.74, 6) is 1.22. The van der Waals surface area contributed by atoms with Crippen molar-refractivity contribution in [3.05, 3.63) is 71.3 Å². The van der Waals surface area contributed by atoms with Crippen LogP contribution < -0.4 is 5.73 Å². The zero-order valence-corrected chi connectivity index (χ0v) is 13.5. The number of thioether (sulfide) groups is 1. The SMILES string of the molecule is Nc1ccc(C2=Nn3c(Cc4ccc(F)cc4)nnc3SC2)cc1. The summed E-state index contributed by atoms with van der Waals surface area (Å²) < 4.78 is 14.8. The first kappa shape index (κ1) is 14.9. The summed E-state index contributed by atoms with van der Waals surface area (Å²) in [5, 5.41) is 13.9. The van der Waals surface area contributed by atoms with Gasteiger partial charge in [-0.05, 0) is 35.4 Å². The molecule has 4 rings (SSSR count). The van der Waals surface area contributed by atoms with Gasteiger partial charge in [0.2, 0.25) is 5.16 Å². The minimum atomic E-state index is -0.249. The molecule has 1 aromatic heterocycles. The second kappa shape index (κ2) is 6.09. The topological polar surface area (TPSA) is 69.1 Å². The molecule has 0 aliphatic carbocycles. The van der Waals surface area contributed by atoms with Crippen molar-refractivity contribution in [1.82, 2.24) is 14.9 Å². The molecule has 0 saturated heterocycles. The molecule has 2 aromatic carbocycles. The first-order valence-corrected chi connectivity index (χ1v) is 8.43. The Morgan fingerprint density at radius 1 is 1.04 bits per heavy atom. The molecule has 120 valence electrons. The lowest BCUT2D eigenvalue weighted by Crippen LogP contribution is -2.14. The Labute approximate surface area is 142 Å². The van der Waals surface area contributed by atoms with Gasteiger partial charge in [-0.1, -0.05) is 36.0 Å². The summed E-state index contributed by atoms with van der Waals surface area (Å²) in [7, 11) is 0. The monoisotopic (exact) mass is 339 g/mol. The van der Waals surface area contributed by atoms with E-state index >= 15 is 0 Å². The fourth-order valence-electron chi connectivity index (χ4n) is 2.48. The number of halogens is 1. The van der Waals surface area contributed by atoms with E-state index in [0.29, 0.717) is 6.42 Å². The largest absolute Gasteiger partial charge is 0.399 e. The van der Waals surface area contributed by atoms with Crippen molar-refractivity contribution in [3.63, 3.8) is 0 Å². The van der Waals surface area contributed by atoms with Crippen LogP contribution in [0.5, 0.6) is 0 Å². The quantitative estimate of drug-likeness (QED) is 0.745. The second-order valence-electron chi connectivity index (χ2n) is 5.47. The van der Waals surface area contributed by atoms with Crippen LogP contribution in [0.15, 0.2) is 58.8 Å². The molecule has 5 nitrogen and oxygen atoms in total. The van der Waals surface area contributed by atoms with Crippen LogP contribution in [0.25, 0.3) is 0 Å². The van der Waals surface area contributed by atoms with Crippen molar-refractivity contribution in [2.24, 2.45) is 5.10 Å². The third-order valence-corrected chi connectivity index (χ3v) is 4.69. The highest BCUT2D eigenvalue weighted by molar-refractivity contribution is 7.99. The number of aromatic nitrogens is 3. The van der Waals surface area contributed by atoms with E-state index in [1.165, 1.54) is 12.1 Å². The molecule has 0 spiro atoms. The van der Waals surface area contributed by atoms with E-state index in [4.69, 9.17) is 10.8 Å². The highest BCUT2D eigenvalue weighted by atomic mass is 32.2. The molecule has 0 fully saturated rings. The molecule has 7 heteroatoms. The Morgan fingerprint density at radius 3 is 2.54 bits per heavy atom. The molecule has 0 unspecified atom stereocenters. The van der Waals surface area contributed by atoms with Crippen molar-refractivity contribution in [3.8, 4) is 0 Å². The van der Waals surface area contributed by atoms with Crippen LogP contribution in [0, 0.1) is 5.82 Å². The maximum atomic E-state index is 13.0. The highest BCUT2D eigenvalue weighted by Crippen LogP contribution is 2.25. The summed E-state index contributed by atoms with van der Waals surface area (Å²) in [6.45, 7) is 0. The standard InChI is InChI=1S/C17H14FN5S/c18-13-5-1-11(2-6-13)9-16-20-21-17-23(16)22-15(10-24-17)12-3-7-14(19)8-4-12/h1-8H,9-10,19H2. The second-order valence-corrected chi connectivity index (χ2v) is 6.41. The smallest absolute Gasteiger partial charge is 0.212 e. The summed E-state index contributed by atoms with van der Waals surface area (Å²) in [5.41, 5.74) is 9.41. The van der Waals surface area contributed by atoms with Crippen molar-refractivity contribution in [1.29, 1.82) is 0 Å². The van der Waals surface area contributed by atoms with Gasteiger partial charge < -0.3 is 5.73 Å². The molecule has 0 amide bonds. The first-order chi connectivity index (χ1) is 11.7. The zero-order valence-electron chi connectivity index (χ0n) is 12.7. The minimum absolute atomic E-state index is 0.249. The van der Waals surface area contributed by atoms with E-state index in [2.05, 4.69) is 10.2 Å². The molecule has 3 aromatic rings. The number of hydrogen-bond donors (Lipinski definition) is 1. The van der Waals surface area contributed by atoms with Crippen LogP contribution in [-0.4, -0.2) is 26.3 Å². The van der Waals surface area contributed by atoms with Gasteiger partial charge in [0.05, 0.1) is 5.71 Å². The van der Waals surface area contributed by atoms with Gasteiger partial charge in [-0.3, -0.25) is 0 Å². The van der Waals surface area contributed by atoms with Crippen LogP contribution in [0.1, 0.15) is 17.0 Å². The summed E-state index contributed by atoms with van der Waals surface area (Å²) in [6.07, 6.45) is 0.548. The number of anilines is 1. The highest BCUT2D eigenvalue weighted by Gasteiger charge is 2.19. The molecule has 1 aliphatic rings. The zero-order chi connectivity index (χ0) is 16.5. The van der Waals surface area contributed by atoms with Gasteiger partial charge in [0.15, 0.2) is 5.82 Å². The van der Waals surface area contributed by atoms with E-state index in [-0.39, 0.29) is 5.82 Å². The number of nitrogens with two attached hydrogens (primary N) is 1. The van der Waals surface area contributed by atoms with Crippen LogP contribution in [-0.2, 0) is 6.42 Å². The Morgan fingerprint density at radius 2 is 1.79 bits per heavy atom.